The molecule has 2 aromatic heterocycles. The van der Waals surface area contributed by atoms with Gasteiger partial charge in [-0.15, -0.1) is 0 Å². The zero-order valence-electron chi connectivity index (χ0n) is 16.4. The van der Waals surface area contributed by atoms with Crippen molar-refractivity contribution < 1.29 is 9.18 Å². The summed E-state index contributed by atoms with van der Waals surface area (Å²) in [6, 6.07) is 14.2. The van der Waals surface area contributed by atoms with Crippen molar-refractivity contribution in [2.24, 2.45) is 7.05 Å². The van der Waals surface area contributed by atoms with E-state index in [0.29, 0.717) is 22.4 Å². The van der Waals surface area contributed by atoms with Gasteiger partial charge in [0.2, 0.25) is 0 Å². The Morgan fingerprint density at radius 1 is 1.06 bits per heavy atom. The number of aryl methyl sites for hydroxylation is 1. The predicted molar refractivity (Wildman–Crippen MR) is 113 cm³/mol. The van der Waals surface area contributed by atoms with Gasteiger partial charge < -0.3 is 4.57 Å². The summed E-state index contributed by atoms with van der Waals surface area (Å²) < 4.78 is 16.4. The van der Waals surface area contributed by atoms with Gasteiger partial charge in [-0.2, -0.15) is 10.4 Å². The number of benzene rings is 2. The Labute approximate surface area is 176 Å². The minimum Gasteiger partial charge on any atom is -0.318 e. The van der Waals surface area contributed by atoms with Gasteiger partial charge in [-0.05, 0) is 35.4 Å². The number of aromatic nitrogens is 3. The van der Waals surface area contributed by atoms with E-state index in [-0.39, 0.29) is 16.9 Å². The van der Waals surface area contributed by atoms with E-state index in [9.17, 15) is 14.0 Å². The minimum absolute atomic E-state index is 0.200. The van der Waals surface area contributed by atoms with Crippen molar-refractivity contribution in [3.63, 3.8) is 0 Å². The summed E-state index contributed by atoms with van der Waals surface area (Å²) in [7, 11) is 1.65. The number of amides is 1. The Kier molecular flexibility index (Phi) is 5.16. The molecule has 1 N–H and O–H groups in total. The lowest BCUT2D eigenvalue weighted by Gasteiger charge is -2.10. The molecule has 0 radical (unpaired) electrons. The summed E-state index contributed by atoms with van der Waals surface area (Å²) in [5, 5.41) is 15.3. The standard InChI is InChI=1S/C23H16FN5O2/c1-28-13-20(19(10-22(28)30)15-6-8-17(24)9-7-15)16-11-27-29(12-16)21-5-3-2-4-18(21)23(31)26-14-25/h2-13H,1H3,(H,26,31). The minimum atomic E-state index is -0.538. The highest BCUT2D eigenvalue weighted by Crippen LogP contribution is 2.31. The maximum absolute atomic E-state index is 13.4. The fourth-order valence-corrected chi connectivity index (χ4v) is 3.31. The molecule has 0 aliphatic carbocycles. The largest absolute Gasteiger partial charge is 0.318 e. The van der Waals surface area contributed by atoms with Gasteiger partial charge in [0.25, 0.3) is 11.5 Å². The van der Waals surface area contributed by atoms with E-state index in [1.54, 1.807) is 68.2 Å². The highest BCUT2D eigenvalue weighted by Gasteiger charge is 2.16. The summed E-state index contributed by atoms with van der Waals surface area (Å²) in [6.45, 7) is 0. The van der Waals surface area contributed by atoms with Crippen molar-refractivity contribution in [3.8, 4) is 34.1 Å². The number of hydrogen-bond acceptors (Lipinski definition) is 4. The quantitative estimate of drug-likeness (QED) is 0.411. The molecule has 0 bridgehead atoms. The zero-order chi connectivity index (χ0) is 22.0. The smallest absolute Gasteiger partial charge is 0.266 e. The lowest BCUT2D eigenvalue weighted by Crippen LogP contribution is -2.19. The van der Waals surface area contributed by atoms with Gasteiger partial charge in [0.1, 0.15) is 5.82 Å². The Hall–Kier alpha value is -4.51. The van der Waals surface area contributed by atoms with E-state index < -0.39 is 5.91 Å². The number of hydrogen-bond donors (Lipinski definition) is 1. The molecule has 31 heavy (non-hydrogen) atoms. The average Bonchev–Trinajstić information content (AvgIpc) is 3.26. The van der Waals surface area contributed by atoms with E-state index in [4.69, 9.17) is 5.26 Å². The van der Waals surface area contributed by atoms with Crippen LogP contribution in [-0.2, 0) is 7.05 Å². The van der Waals surface area contributed by atoms with Crippen molar-refractivity contribution >= 4 is 5.91 Å². The number of halogens is 1. The Morgan fingerprint density at radius 2 is 1.81 bits per heavy atom. The summed E-state index contributed by atoms with van der Waals surface area (Å²) in [5.74, 6) is -0.904. The van der Waals surface area contributed by atoms with Gasteiger partial charge >= 0.3 is 0 Å². The van der Waals surface area contributed by atoms with Crippen LogP contribution in [0.15, 0.2) is 78.0 Å². The molecule has 8 heteroatoms. The normalized spacial score (nSPS) is 10.5. The molecule has 0 spiro atoms. The van der Waals surface area contributed by atoms with E-state index in [2.05, 4.69) is 10.4 Å². The molecule has 152 valence electrons. The van der Waals surface area contributed by atoms with Gasteiger partial charge in [0.15, 0.2) is 6.19 Å². The Bertz CT molecular complexity index is 1380. The van der Waals surface area contributed by atoms with Gasteiger partial charge in [0, 0.05) is 36.6 Å². The number of nitrogens with zero attached hydrogens (tertiary/aromatic N) is 4. The molecule has 2 aromatic carbocycles. The topological polar surface area (TPSA) is 92.7 Å². The summed E-state index contributed by atoms with van der Waals surface area (Å²) in [6.07, 6.45) is 6.66. The van der Waals surface area contributed by atoms with Crippen LogP contribution in [0.5, 0.6) is 0 Å². The third kappa shape index (κ3) is 3.84. The molecule has 4 aromatic rings. The van der Waals surface area contributed by atoms with E-state index in [1.165, 1.54) is 27.4 Å². The molecular formula is C23H16FN5O2. The molecule has 0 fully saturated rings. The maximum Gasteiger partial charge on any atom is 0.266 e. The highest BCUT2D eigenvalue weighted by atomic mass is 19.1. The number of nitriles is 1. The van der Waals surface area contributed by atoms with Gasteiger partial charge in [-0.3, -0.25) is 14.9 Å². The lowest BCUT2D eigenvalue weighted by molar-refractivity contribution is 0.0972. The first-order valence-corrected chi connectivity index (χ1v) is 9.28. The van der Waals surface area contributed by atoms with Crippen LogP contribution >= 0.6 is 0 Å². The second-order valence-electron chi connectivity index (χ2n) is 6.81. The molecule has 0 atom stereocenters. The second kappa shape index (κ2) is 8.08. The molecule has 0 saturated carbocycles. The van der Waals surface area contributed by atoms with E-state index in [1.807, 2.05) is 0 Å². The molecular weight excluding hydrogens is 397 g/mol. The van der Waals surface area contributed by atoms with Gasteiger partial charge in [-0.25, -0.2) is 9.07 Å². The van der Waals surface area contributed by atoms with Gasteiger partial charge in [-0.1, -0.05) is 24.3 Å². The molecule has 2 heterocycles. The first kappa shape index (κ1) is 19.8. The van der Waals surface area contributed by atoms with Gasteiger partial charge in [0.05, 0.1) is 17.4 Å². The highest BCUT2D eigenvalue weighted by molar-refractivity contribution is 5.98. The molecule has 0 saturated heterocycles. The molecule has 0 unspecified atom stereocenters. The van der Waals surface area contributed by atoms with E-state index in [0.717, 1.165) is 5.56 Å². The molecule has 1 amide bonds. The van der Waals surface area contributed by atoms with Crippen LogP contribution in [0.4, 0.5) is 4.39 Å². The first-order chi connectivity index (χ1) is 15.0. The summed E-state index contributed by atoms with van der Waals surface area (Å²) in [4.78, 5) is 24.5. The summed E-state index contributed by atoms with van der Waals surface area (Å²) >= 11 is 0. The third-order valence-corrected chi connectivity index (χ3v) is 4.84. The number of para-hydroxylation sites is 1. The fraction of sp³-hybridized carbons (Fsp3) is 0.0435. The second-order valence-corrected chi connectivity index (χ2v) is 6.81. The third-order valence-electron chi connectivity index (χ3n) is 4.84. The molecule has 7 nitrogen and oxygen atoms in total. The maximum atomic E-state index is 13.4. The number of carbonyl (C=O) groups is 1. The van der Waals surface area contributed by atoms with Crippen LogP contribution in [0.1, 0.15) is 10.4 Å². The molecule has 4 rings (SSSR count). The van der Waals surface area contributed by atoms with Crippen molar-refractivity contribution in [3.05, 3.63) is 94.9 Å². The fourth-order valence-electron chi connectivity index (χ4n) is 3.31. The van der Waals surface area contributed by atoms with Crippen LogP contribution in [0.25, 0.3) is 27.9 Å². The average molecular weight is 413 g/mol. The molecule has 0 aliphatic heterocycles. The Morgan fingerprint density at radius 3 is 2.55 bits per heavy atom. The molecule has 0 aliphatic rings. The van der Waals surface area contributed by atoms with Crippen molar-refractivity contribution in [2.45, 2.75) is 0 Å². The van der Waals surface area contributed by atoms with Crippen molar-refractivity contribution in [1.29, 1.82) is 5.26 Å². The predicted octanol–water partition coefficient (Wildman–Crippen LogP) is 3.25. The SMILES string of the molecule is Cn1cc(-c2cnn(-c3ccccc3C(=O)NC#N)c2)c(-c2ccc(F)cc2)cc1=O. The van der Waals surface area contributed by atoms with E-state index >= 15 is 0 Å². The van der Waals surface area contributed by atoms with Crippen LogP contribution in [0, 0.1) is 17.3 Å². The zero-order valence-corrected chi connectivity index (χ0v) is 16.4. The van der Waals surface area contributed by atoms with Crippen LogP contribution < -0.4 is 10.9 Å². The van der Waals surface area contributed by atoms with Crippen molar-refractivity contribution in [2.75, 3.05) is 0 Å². The number of carbonyl (C=O) groups excluding carboxylic acids is 1. The number of pyridine rings is 1. The van der Waals surface area contributed by atoms with Crippen LogP contribution in [0.2, 0.25) is 0 Å². The Balaban J connectivity index is 1.84. The lowest BCUT2D eigenvalue weighted by atomic mass is 9.98. The van der Waals surface area contributed by atoms with Crippen LogP contribution in [0.3, 0.4) is 0 Å². The van der Waals surface area contributed by atoms with Crippen molar-refractivity contribution in [1.82, 2.24) is 19.7 Å². The first-order valence-electron chi connectivity index (χ1n) is 9.28. The van der Waals surface area contributed by atoms with Crippen LogP contribution in [-0.4, -0.2) is 20.3 Å². The summed E-state index contributed by atoms with van der Waals surface area (Å²) in [5.41, 5.74) is 3.33. The monoisotopic (exact) mass is 413 g/mol. The number of rotatable bonds is 4. The number of nitrogens with one attached hydrogen (secondary N) is 1.